The zero-order valence-corrected chi connectivity index (χ0v) is 13.2. The molecule has 21 heavy (non-hydrogen) atoms. The Balaban J connectivity index is 2.34. The molecule has 0 radical (unpaired) electrons. The van der Waals surface area contributed by atoms with Crippen LogP contribution in [0.5, 0.6) is 0 Å². The van der Waals surface area contributed by atoms with Crippen molar-refractivity contribution in [3.05, 3.63) is 51.8 Å². The fourth-order valence-electron chi connectivity index (χ4n) is 1.83. The van der Waals surface area contributed by atoms with Gasteiger partial charge in [-0.05, 0) is 48.2 Å². The topological polar surface area (TPSA) is 38.1 Å². The lowest BCUT2D eigenvalue weighted by Gasteiger charge is -2.12. The number of likely N-dealkylation sites (N-methyl/N-ethyl adjacent to an activating group) is 1. The molecule has 1 heterocycles. The first-order valence-electron chi connectivity index (χ1n) is 6.26. The number of carbonyl (C=O) groups is 1. The van der Waals surface area contributed by atoms with Crippen LogP contribution in [-0.4, -0.2) is 41.1 Å². The standard InChI is InChI=1S/C14H14BrF2N3O/c1-19(2)5-6-20-13(10(15)8-18-20)14(21)9-3-4-11(16)12(17)7-9/h3-4,7-8H,5-6H2,1-2H3. The van der Waals surface area contributed by atoms with E-state index in [-0.39, 0.29) is 5.56 Å². The minimum absolute atomic E-state index is 0.0844. The number of halogens is 3. The van der Waals surface area contributed by atoms with E-state index in [0.717, 1.165) is 12.1 Å². The van der Waals surface area contributed by atoms with Crippen LogP contribution in [0.3, 0.4) is 0 Å². The van der Waals surface area contributed by atoms with Gasteiger partial charge in [0.05, 0.1) is 17.2 Å². The molecule has 0 aliphatic rings. The first-order valence-corrected chi connectivity index (χ1v) is 7.05. The van der Waals surface area contributed by atoms with Gasteiger partial charge in [0.25, 0.3) is 0 Å². The third-order valence-corrected chi connectivity index (χ3v) is 3.53. The molecule has 7 heteroatoms. The number of aromatic nitrogens is 2. The number of hydrogen-bond donors (Lipinski definition) is 0. The predicted octanol–water partition coefficient (Wildman–Crippen LogP) is 2.72. The lowest BCUT2D eigenvalue weighted by Crippen LogP contribution is -2.21. The second kappa shape index (κ2) is 6.44. The molecule has 4 nitrogen and oxygen atoms in total. The molecule has 0 saturated carbocycles. The number of benzene rings is 1. The van der Waals surface area contributed by atoms with Crippen LogP contribution in [0.4, 0.5) is 8.78 Å². The molecule has 0 spiro atoms. The van der Waals surface area contributed by atoms with Gasteiger partial charge in [0.2, 0.25) is 5.78 Å². The lowest BCUT2D eigenvalue weighted by atomic mass is 10.1. The second-order valence-electron chi connectivity index (χ2n) is 4.83. The summed E-state index contributed by atoms with van der Waals surface area (Å²) in [6, 6.07) is 3.10. The fraction of sp³-hybridized carbons (Fsp3) is 0.286. The fourth-order valence-corrected chi connectivity index (χ4v) is 2.30. The van der Waals surface area contributed by atoms with Crippen molar-refractivity contribution in [3.8, 4) is 0 Å². The summed E-state index contributed by atoms with van der Waals surface area (Å²) in [4.78, 5) is 14.4. The maximum atomic E-state index is 13.3. The van der Waals surface area contributed by atoms with Gasteiger partial charge in [-0.2, -0.15) is 5.10 Å². The van der Waals surface area contributed by atoms with Crippen LogP contribution in [0.15, 0.2) is 28.9 Å². The van der Waals surface area contributed by atoms with Crippen molar-refractivity contribution in [1.29, 1.82) is 0 Å². The number of carbonyl (C=O) groups excluding carboxylic acids is 1. The van der Waals surface area contributed by atoms with Crippen LogP contribution in [0.1, 0.15) is 16.1 Å². The highest BCUT2D eigenvalue weighted by atomic mass is 79.9. The maximum absolute atomic E-state index is 13.3. The Morgan fingerprint density at radius 3 is 2.67 bits per heavy atom. The second-order valence-corrected chi connectivity index (χ2v) is 5.68. The molecule has 0 atom stereocenters. The first-order chi connectivity index (χ1) is 9.90. The molecular formula is C14H14BrF2N3O. The van der Waals surface area contributed by atoms with Gasteiger partial charge in [0.15, 0.2) is 11.6 Å². The van der Waals surface area contributed by atoms with Gasteiger partial charge in [-0.3, -0.25) is 9.48 Å². The molecule has 0 saturated heterocycles. The number of hydrogen-bond acceptors (Lipinski definition) is 3. The lowest BCUT2D eigenvalue weighted by molar-refractivity contribution is 0.102. The summed E-state index contributed by atoms with van der Waals surface area (Å²) in [5.74, 6) is -2.43. The molecule has 2 aromatic rings. The predicted molar refractivity (Wildman–Crippen MR) is 78.3 cm³/mol. The monoisotopic (exact) mass is 357 g/mol. The molecular weight excluding hydrogens is 344 g/mol. The van der Waals surface area contributed by atoms with E-state index in [1.165, 1.54) is 12.3 Å². The molecule has 0 aliphatic carbocycles. The largest absolute Gasteiger partial charge is 0.308 e. The summed E-state index contributed by atoms with van der Waals surface area (Å²) >= 11 is 3.27. The smallest absolute Gasteiger partial charge is 0.212 e. The van der Waals surface area contributed by atoms with Crippen LogP contribution in [0.25, 0.3) is 0 Å². The van der Waals surface area contributed by atoms with Crippen molar-refractivity contribution in [1.82, 2.24) is 14.7 Å². The van der Waals surface area contributed by atoms with Crippen LogP contribution in [0.2, 0.25) is 0 Å². The number of rotatable bonds is 5. The van der Waals surface area contributed by atoms with Gasteiger partial charge >= 0.3 is 0 Å². The van der Waals surface area contributed by atoms with Crippen LogP contribution >= 0.6 is 15.9 Å². The highest BCUT2D eigenvalue weighted by Crippen LogP contribution is 2.21. The molecule has 0 fully saturated rings. The highest BCUT2D eigenvalue weighted by Gasteiger charge is 2.20. The minimum Gasteiger partial charge on any atom is -0.308 e. The zero-order valence-electron chi connectivity index (χ0n) is 11.6. The normalized spacial score (nSPS) is 11.1. The first kappa shape index (κ1) is 15.8. The van der Waals surface area contributed by atoms with Gasteiger partial charge in [-0.25, -0.2) is 8.78 Å². The Morgan fingerprint density at radius 1 is 1.33 bits per heavy atom. The van der Waals surface area contributed by atoms with Gasteiger partial charge in [0, 0.05) is 12.1 Å². The summed E-state index contributed by atoms with van der Waals surface area (Å²) in [5.41, 5.74) is 0.407. The minimum atomic E-state index is -1.05. The van der Waals surface area contributed by atoms with E-state index >= 15 is 0 Å². The summed E-state index contributed by atoms with van der Waals surface area (Å²) in [6.45, 7) is 1.22. The van der Waals surface area contributed by atoms with E-state index < -0.39 is 17.4 Å². The average Bonchev–Trinajstić information content (AvgIpc) is 2.80. The Kier molecular flexibility index (Phi) is 4.84. The van der Waals surface area contributed by atoms with Crippen molar-refractivity contribution in [2.75, 3.05) is 20.6 Å². The highest BCUT2D eigenvalue weighted by molar-refractivity contribution is 9.10. The molecule has 0 N–H and O–H groups in total. The molecule has 1 aromatic heterocycles. The van der Waals surface area contributed by atoms with Crippen molar-refractivity contribution in [2.24, 2.45) is 0 Å². The van der Waals surface area contributed by atoms with E-state index in [9.17, 15) is 13.6 Å². The van der Waals surface area contributed by atoms with Gasteiger partial charge in [-0.1, -0.05) is 0 Å². The zero-order chi connectivity index (χ0) is 15.6. The Labute approximate surface area is 129 Å². The Hall–Kier alpha value is -1.60. The Bertz CT molecular complexity index is 670. The number of nitrogens with zero attached hydrogens (tertiary/aromatic N) is 3. The molecule has 0 bridgehead atoms. The van der Waals surface area contributed by atoms with Crippen molar-refractivity contribution >= 4 is 21.7 Å². The summed E-state index contributed by atoms with van der Waals surface area (Å²) < 4.78 is 28.3. The van der Waals surface area contributed by atoms with E-state index in [4.69, 9.17) is 0 Å². The quantitative estimate of drug-likeness (QED) is 0.772. The summed E-state index contributed by atoms with van der Waals surface area (Å²) in [5, 5.41) is 4.13. The molecule has 0 unspecified atom stereocenters. The maximum Gasteiger partial charge on any atom is 0.212 e. The van der Waals surface area contributed by atoms with E-state index in [1.807, 2.05) is 19.0 Å². The average molecular weight is 358 g/mol. The Morgan fingerprint density at radius 2 is 2.05 bits per heavy atom. The molecule has 2 rings (SSSR count). The molecule has 112 valence electrons. The van der Waals surface area contributed by atoms with E-state index in [2.05, 4.69) is 21.0 Å². The third-order valence-electron chi connectivity index (χ3n) is 2.95. The SMILES string of the molecule is CN(C)CCn1ncc(Br)c1C(=O)c1ccc(F)c(F)c1. The molecule has 0 aliphatic heterocycles. The van der Waals surface area contributed by atoms with Crippen LogP contribution in [0, 0.1) is 11.6 Å². The van der Waals surface area contributed by atoms with Crippen molar-refractivity contribution in [2.45, 2.75) is 6.54 Å². The van der Waals surface area contributed by atoms with Crippen molar-refractivity contribution in [3.63, 3.8) is 0 Å². The van der Waals surface area contributed by atoms with E-state index in [0.29, 0.717) is 23.3 Å². The van der Waals surface area contributed by atoms with Gasteiger partial charge in [0.1, 0.15) is 5.69 Å². The van der Waals surface area contributed by atoms with Crippen LogP contribution < -0.4 is 0 Å². The van der Waals surface area contributed by atoms with Crippen LogP contribution in [-0.2, 0) is 6.54 Å². The molecule has 1 aromatic carbocycles. The van der Waals surface area contributed by atoms with Gasteiger partial charge in [-0.15, -0.1) is 0 Å². The van der Waals surface area contributed by atoms with E-state index in [1.54, 1.807) is 4.68 Å². The molecule has 0 amide bonds. The third kappa shape index (κ3) is 3.54. The number of ketones is 1. The summed E-state index contributed by atoms with van der Waals surface area (Å²) in [6.07, 6.45) is 1.52. The van der Waals surface area contributed by atoms with Crippen molar-refractivity contribution < 1.29 is 13.6 Å². The van der Waals surface area contributed by atoms with Gasteiger partial charge < -0.3 is 4.90 Å². The summed E-state index contributed by atoms with van der Waals surface area (Å²) in [7, 11) is 3.82.